The Bertz CT molecular complexity index is 1460. The van der Waals surface area contributed by atoms with E-state index < -0.39 is 135 Å². The predicted octanol–water partition coefficient (Wildman–Crippen LogP) is 7.31. The maximum atomic E-state index is 16.1. The third kappa shape index (κ3) is 10.0. The van der Waals surface area contributed by atoms with Crippen molar-refractivity contribution < 1.29 is 148 Å². The van der Waals surface area contributed by atoms with Gasteiger partial charge >= 0.3 is 91.0 Å². The van der Waals surface area contributed by atoms with Gasteiger partial charge in [-0.2, -0.15) is 74.6 Å². The second kappa shape index (κ2) is 18.4. The van der Waals surface area contributed by atoms with Crippen molar-refractivity contribution in [1.29, 1.82) is 0 Å². The second-order valence-corrected chi connectivity index (χ2v) is 12.4. The van der Waals surface area contributed by atoms with E-state index in [4.69, 9.17) is 9.79 Å². The third-order valence-electron chi connectivity index (χ3n) is 7.09. The molecule has 0 aromatic carbocycles. The Morgan fingerprint density at radius 3 is 1.31 bits per heavy atom. The van der Waals surface area contributed by atoms with E-state index >= 15 is 26.3 Å². The fourth-order valence-electron chi connectivity index (χ4n) is 3.89. The Hall–Kier alpha value is -1.54. The molecule has 0 heterocycles. The van der Waals surface area contributed by atoms with Gasteiger partial charge in [-0.3, -0.25) is 4.52 Å². The number of phosphoric ester groups is 1. The van der Waals surface area contributed by atoms with Crippen LogP contribution in [0.3, 0.4) is 0 Å². The van der Waals surface area contributed by atoms with Crippen molar-refractivity contribution in [2.24, 2.45) is 0 Å². The zero-order valence-electron chi connectivity index (χ0n) is 26.4. The molecule has 0 bridgehead atoms. The Morgan fingerprint density at radius 2 is 0.966 bits per heavy atom. The number of alkyl halides is 26. The maximum absolute atomic E-state index is 16.1. The van der Waals surface area contributed by atoms with Gasteiger partial charge in [0.05, 0.1) is 0 Å². The van der Waals surface area contributed by atoms with E-state index in [0.29, 0.717) is 6.92 Å². The Kier molecular flexibility index (Phi) is 18.6. The van der Waals surface area contributed by atoms with E-state index in [2.05, 4.69) is 15.8 Å². The van der Waals surface area contributed by atoms with Crippen molar-refractivity contribution >= 4 is 43.3 Å². The number of hydrogen-bond donors (Lipinski definition) is 3. The van der Waals surface area contributed by atoms with Gasteiger partial charge in [-0.1, -0.05) is 6.58 Å². The summed E-state index contributed by atoms with van der Waals surface area (Å²) in [5.41, 5.74) is -10.2. The van der Waals surface area contributed by atoms with Crippen LogP contribution in [0.2, 0.25) is 0 Å². The van der Waals surface area contributed by atoms with E-state index in [1.54, 1.807) is 0 Å². The molecule has 3 N–H and O–H groups in total. The number of esters is 1. The number of aliphatic hydroxyl groups is 1. The van der Waals surface area contributed by atoms with Crippen LogP contribution in [0.1, 0.15) is 6.92 Å². The van der Waals surface area contributed by atoms with Gasteiger partial charge in [0.2, 0.25) is 6.17 Å². The van der Waals surface area contributed by atoms with Crippen LogP contribution in [-0.2, 0) is 18.6 Å². The van der Waals surface area contributed by atoms with Gasteiger partial charge in [0.15, 0.2) is 30.9 Å². The van der Waals surface area contributed by atoms with Gasteiger partial charge in [-0.25, -0.2) is 48.9 Å². The summed E-state index contributed by atoms with van der Waals surface area (Å²) in [5.74, 6) is -67.2. The Labute approximate surface area is 325 Å². The van der Waals surface area contributed by atoms with E-state index in [0.717, 1.165) is 0 Å². The predicted molar refractivity (Wildman–Crippen MR) is 136 cm³/mol. The topological polar surface area (TPSA) is 113 Å². The number of hydrogen-bond acceptors (Lipinski definition) is 5. The summed E-state index contributed by atoms with van der Waals surface area (Å²) in [6.45, 7) is 0.739. The van der Waals surface area contributed by atoms with Gasteiger partial charge in [0, 0.05) is 5.57 Å². The van der Waals surface area contributed by atoms with Crippen molar-refractivity contribution in [2.75, 3.05) is 6.61 Å². The summed E-state index contributed by atoms with van der Waals surface area (Å²) in [7, 11) is -7.23. The van der Waals surface area contributed by atoms with E-state index in [-0.39, 0.29) is 29.6 Å². The van der Waals surface area contributed by atoms with Crippen LogP contribution in [-0.4, -0.2) is 166 Å². The molecule has 0 rings (SSSR count). The molecule has 58 heavy (non-hydrogen) atoms. The molecule has 0 amide bonds. The van der Waals surface area contributed by atoms with Crippen molar-refractivity contribution in [1.82, 2.24) is 0 Å². The molecule has 0 aromatic rings. The molecule has 35 heteroatoms. The van der Waals surface area contributed by atoms with Crippen molar-refractivity contribution in [3.05, 3.63) is 12.2 Å². The van der Waals surface area contributed by atoms with Crippen LogP contribution >= 0.6 is 7.82 Å². The zero-order chi connectivity index (χ0) is 46.5. The molecule has 0 aliphatic heterocycles. The van der Waals surface area contributed by atoms with Crippen LogP contribution in [0.5, 0.6) is 0 Å². The molecular weight excluding hydrogens is 936 g/mol. The molecule has 0 saturated heterocycles. The first-order chi connectivity index (χ1) is 24.8. The molecule has 9 atom stereocenters. The average molecular weight is 956 g/mol. The van der Waals surface area contributed by atoms with E-state index in [1.165, 1.54) is 0 Å². The van der Waals surface area contributed by atoms with Crippen LogP contribution in [0, 0.1) is 0 Å². The van der Waals surface area contributed by atoms with Crippen LogP contribution in [0.15, 0.2) is 12.2 Å². The number of ether oxygens (including phenoxy) is 1. The number of halogens is 26. The summed E-state index contributed by atoms with van der Waals surface area (Å²) in [5, 5.41) is 9.83. The van der Waals surface area contributed by atoms with Gasteiger partial charge in [-0.05, 0) is 6.92 Å². The number of rotatable bonds is 21. The molecule has 7 nitrogen and oxygen atoms in total. The third-order valence-corrected chi connectivity index (χ3v) is 7.60. The standard InChI is InChI=1S/C23H19F26O7P.Na.H/c1-4(2)14(51)55-3-5(50)10(56-57(52,53)54)12(29)15(32,17(35,36)16(33,34)11(28)8(26)6(24)7(25)9(27)13(30)31)18(37,38)19(39,40)20(41,42)21(43,44)22(45,46)23(47,48)49;;/h5-13,50H,1,3H2,2H3,(H2,52,53,54);;. The molecule has 0 aromatic heterocycles. The van der Waals surface area contributed by atoms with Crippen LogP contribution in [0.4, 0.5) is 114 Å². The summed E-state index contributed by atoms with van der Waals surface area (Å²) < 4.78 is 383. The number of phosphoric acid groups is 1. The SMILES string of the molecule is C=C(C)C(=O)OCC(O)C(OP(=O)(O)O)C(F)C(F)(C(F)(F)C(F)(F)C(F)C(F)C(F)C(F)C(F)C(F)F)C(F)(F)C(F)(F)C(F)(F)C(F)(F)C(F)(F)C(F)(F)F.[NaH]. The van der Waals surface area contributed by atoms with E-state index in [1.807, 2.05) is 0 Å². The minimum atomic E-state index is -9.76. The van der Waals surface area contributed by atoms with Crippen molar-refractivity contribution in [3.63, 3.8) is 0 Å². The number of carbonyl (C=O) groups excluding carboxylic acids is 1. The molecule has 9 unspecified atom stereocenters. The van der Waals surface area contributed by atoms with Gasteiger partial charge in [-0.15, -0.1) is 0 Å². The first-order valence-corrected chi connectivity index (χ1v) is 15.1. The molecule has 0 aliphatic carbocycles. The fraction of sp³-hybridized carbons (Fsp3) is 0.870. The number of aliphatic hydroxyl groups excluding tert-OH is 1. The molecule has 0 saturated carbocycles. The van der Waals surface area contributed by atoms with E-state index in [9.17, 15) is 102 Å². The summed E-state index contributed by atoms with van der Waals surface area (Å²) in [6.07, 6.45) is -57.5. The van der Waals surface area contributed by atoms with Gasteiger partial charge < -0.3 is 19.6 Å². The Morgan fingerprint density at radius 1 is 0.603 bits per heavy atom. The molecule has 342 valence electrons. The Balaban J connectivity index is 0. The minimum absolute atomic E-state index is 0. The summed E-state index contributed by atoms with van der Waals surface area (Å²) in [6, 6.07) is 0. The zero-order valence-corrected chi connectivity index (χ0v) is 27.3. The quantitative estimate of drug-likeness (QED) is 0.0364. The second-order valence-electron chi connectivity index (χ2n) is 11.2. The fourth-order valence-corrected chi connectivity index (χ4v) is 4.46. The van der Waals surface area contributed by atoms with Crippen molar-refractivity contribution in [3.8, 4) is 0 Å². The molecule has 0 spiro atoms. The van der Waals surface area contributed by atoms with Crippen LogP contribution < -0.4 is 0 Å². The molecule has 0 radical (unpaired) electrons. The van der Waals surface area contributed by atoms with Crippen molar-refractivity contribution in [2.45, 2.75) is 116 Å². The molecular formula is C23H20F26NaO7P. The first kappa shape index (κ1) is 58.6. The van der Waals surface area contributed by atoms with Crippen LogP contribution in [0.25, 0.3) is 0 Å². The van der Waals surface area contributed by atoms with Gasteiger partial charge in [0.25, 0.3) is 12.1 Å². The van der Waals surface area contributed by atoms with Gasteiger partial charge in [0.1, 0.15) is 18.8 Å². The normalized spacial score (nSPS) is 19.8. The molecule has 0 aliphatic rings. The monoisotopic (exact) mass is 956 g/mol. The molecule has 0 fully saturated rings. The summed E-state index contributed by atoms with van der Waals surface area (Å²) in [4.78, 5) is 29.1. The number of carbonyl (C=O) groups is 1. The summed E-state index contributed by atoms with van der Waals surface area (Å²) >= 11 is 0. The first-order valence-electron chi connectivity index (χ1n) is 13.5. The average Bonchev–Trinajstić information content (AvgIpc) is 3.04.